The van der Waals surface area contributed by atoms with E-state index in [-0.39, 0.29) is 0 Å². The number of hydrogen-bond acceptors (Lipinski definition) is 5. The number of nitrogens with one attached hydrogen (secondary N) is 2. The van der Waals surface area contributed by atoms with Gasteiger partial charge >= 0.3 is 0 Å². The molecule has 0 unspecified atom stereocenters. The van der Waals surface area contributed by atoms with Crippen molar-refractivity contribution in [3.8, 4) is 22.6 Å². The maximum absolute atomic E-state index is 4.93. The van der Waals surface area contributed by atoms with Gasteiger partial charge in [0.05, 0.1) is 23.4 Å². The Morgan fingerprint density at radius 1 is 0.879 bits per heavy atom. The lowest BCUT2D eigenvalue weighted by molar-refractivity contribution is 0.370. The highest BCUT2D eigenvalue weighted by molar-refractivity contribution is 5.77. The van der Waals surface area contributed by atoms with Crippen LogP contribution < -0.4 is 10.6 Å². The molecule has 1 aliphatic heterocycles. The molecule has 2 N–H and O–H groups in total. The first-order valence-electron chi connectivity index (χ1n) is 11.6. The lowest BCUT2D eigenvalue weighted by Crippen LogP contribution is -2.29. The molecule has 2 aromatic heterocycles. The quantitative estimate of drug-likeness (QED) is 0.424. The summed E-state index contributed by atoms with van der Waals surface area (Å²) >= 11 is 0. The molecular formula is C27H30N6. The molecular weight excluding hydrogens is 408 g/mol. The Morgan fingerprint density at radius 2 is 1.61 bits per heavy atom. The van der Waals surface area contributed by atoms with Crippen molar-refractivity contribution < 1.29 is 0 Å². The Kier molecular flexibility index (Phi) is 5.92. The third-order valence-electron chi connectivity index (χ3n) is 6.20. The molecule has 0 amide bonds. The summed E-state index contributed by atoms with van der Waals surface area (Å²) in [6.07, 6.45) is 5.97. The molecule has 0 spiro atoms. The van der Waals surface area contributed by atoms with E-state index >= 15 is 0 Å². The fraction of sp³-hybridized carbons (Fsp3) is 0.296. The van der Waals surface area contributed by atoms with Crippen LogP contribution in [0.25, 0.3) is 22.6 Å². The number of imidazole rings is 1. The van der Waals surface area contributed by atoms with E-state index in [9.17, 15) is 0 Å². The van der Waals surface area contributed by atoms with E-state index in [1.807, 2.05) is 18.6 Å². The van der Waals surface area contributed by atoms with Crippen molar-refractivity contribution in [3.63, 3.8) is 0 Å². The van der Waals surface area contributed by atoms with Crippen LogP contribution in [-0.4, -0.2) is 32.6 Å². The zero-order valence-corrected chi connectivity index (χ0v) is 19.5. The van der Waals surface area contributed by atoms with Crippen molar-refractivity contribution >= 4 is 11.6 Å². The Bertz CT molecular complexity index is 1230. The third-order valence-corrected chi connectivity index (χ3v) is 6.20. The number of anilines is 2. The molecule has 3 heterocycles. The van der Waals surface area contributed by atoms with Crippen LogP contribution in [-0.2, 0) is 0 Å². The van der Waals surface area contributed by atoms with Gasteiger partial charge in [-0.1, -0.05) is 35.9 Å². The van der Waals surface area contributed by atoms with Crippen molar-refractivity contribution in [1.29, 1.82) is 0 Å². The molecule has 0 bridgehead atoms. The van der Waals surface area contributed by atoms with Gasteiger partial charge in [-0.15, -0.1) is 0 Å². The third kappa shape index (κ3) is 4.66. The summed E-state index contributed by atoms with van der Waals surface area (Å²) in [6.45, 7) is 8.34. The molecule has 5 rings (SSSR count). The number of nitrogens with zero attached hydrogens (tertiary/aromatic N) is 4. The molecule has 6 heteroatoms. The van der Waals surface area contributed by atoms with E-state index in [4.69, 9.17) is 9.97 Å². The Balaban J connectivity index is 1.57. The summed E-state index contributed by atoms with van der Waals surface area (Å²) in [4.78, 5) is 14.3. The SMILES string of the molecule is Cc1ccc(-c2ncn(C3CCNCC3)c2-c2ccnc(Nc3cc(C)cc(C)c3)n2)cc1. The number of hydrogen-bond donors (Lipinski definition) is 2. The van der Waals surface area contributed by atoms with Gasteiger partial charge in [0.2, 0.25) is 5.95 Å². The highest BCUT2D eigenvalue weighted by Gasteiger charge is 2.23. The molecule has 1 aliphatic rings. The molecule has 1 saturated heterocycles. The lowest BCUT2D eigenvalue weighted by Gasteiger charge is -2.25. The maximum Gasteiger partial charge on any atom is 0.227 e. The molecule has 2 aromatic carbocycles. The average Bonchev–Trinajstić information content (AvgIpc) is 3.25. The highest BCUT2D eigenvalue weighted by Crippen LogP contribution is 2.35. The number of aromatic nitrogens is 4. The normalized spacial score (nSPS) is 14.4. The van der Waals surface area contributed by atoms with Gasteiger partial charge in [0.25, 0.3) is 0 Å². The number of benzene rings is 2. The van der Waals surface area contributed by atoms with Gasteiger partial charge in [0, 0.05) is 23.5 Å². The minimum atomic E-state index is 0.402. The molecule has 1 fully saturated rings. The summed E-state index contributed by atoms with van der Waals surface area (Å²) in [5.41, 5.74) is 8.64. The van der Waals surface area contributed by atoms with Crippen LogP contribution in [0.15, 0.2) is 61.1 Å². The fourth-order valence-corrected chi connectivity index (χ4v) is 4.63. The van der Waals surface area contributed by atoms with E-state index in [1.54, 1.807) is 0 Å². The summed E-state index contributed by atoms with van der Waals surface area (Å²) in [6, 6.07) is 17.3. The van der Waals surface area contributed by atoms with Crippen LogP contribution in [0.4, 0.5) is 11.6 Å². The molecule has 0 atom stereocenters. The zero-order valence-electron chi connectivity index (χ0n) is 19.5. The van der Waals surface area contributed by atoms with Crippen molar-refractivity contribution in [2.45, 2.75) is 39.7 Å². The predicted octanol–water partition coefficient (Wildman–Crippen LogP) is 5.60. The van der Waals surface area contributed by atoms with Crippen LogP contribution in [0.1, 0.15) is 35.6 Å². The molecule has 0 saturated carbocycles. The van der Waals surface area contributed by atoms with Gasteiger partial charge in [-0.2, -0.15) is 0 Å². The van der Waals surface area contributed by atoms with E-state index in [0.29, 0.717) is 12.0 Å². The summed E-state index contributed by atoms with van der Waals surface area (Å²) < 4.78 is 2.32. The lowest BCUT2D eigenvalue weighted by atomic mass is 10.0. The van der Waals surface area contributed by atoms with E-state index < -0.39 is 0 Å². The Morgan fingerprint density at radius 3 is 2.33 bits per heavy atom. The molecule has 0 radical (unpaired) electrons. The molecule has 6 nitrogen and oxygen atoms in total. The van der Waals surface area contributed by atoms with Crippen LogP contribution in [0.3, 0.4) is 0 Å². The van der Waals surface area contributed by atoms with Crippen LogP contribution >= 0.6 is 0 Å². The first-order valence-corrected chi connectivity index (χ1v) is 11.6. The Labute approximate surface area is 195 Å². The smallest absolute Gasteiger partial charge is 0.227 e. The summed E-state index contributed by atoms with van der Waals surface area (Å²) in [5.74, 6) is 0.588. The van der Waals surface area contributed by atoms with Crippen LogP contribution in [0.2, 0.25) is 0 Å². The van der Waals surface area contributed by atoms with Crippen LogP contribution in [0.5, 0.6) is 0 Å². The van der Waals surface area contributed by atoms with Crippen molar-refractivity contribution in [2.75, 3.05) is 18.4 Å². The van der Waals surface area contributed by atoms with Gasteiger partial charge in [-0.3, -0.25) is 0 Å². The molecule has 0 aliphatic carbocycles. The van der Waals surface area contributed by atoms with E-state index in [0.717, 1.165) is 54.3 Å². The van der Waals surface area contributed by atoms with E-state index in [1.165, 1.54) is 16.7 Å². The maximum atomic E-state index is 4.93. The standard InChI is InChI=1S/C27H30N6/c1-18-4-6-21(7-5-18)25-26(33(17-30-25)23-8-11-28-12-9-23)24-10-13-29-27(32-24)31-22-15-19(2)14-20(3)16-22/h4-7,10,13-17,23,28H,8-9,11-12H2,1-3H3,(H,29,31,32). The number of piperidine rings is 1. The largest absolute Gasteiger partial charge is 0.326 e. The van der Waals surface area contributed by atoms with Crippen molar-refractivity contribution in [3.05, 3.63) is 77.7 Å². The summed E-state index contributed by atoms with van der Waals surface area (Å²) in [7, 11) is 0. The average molecular weight is 439 g/mol. The van der Waals surface area contributed by atoms with E-state index in [2.05, 4.69) is 83.4 Å². The van der Waals surface area contributed by atoms with Gasteiger partial charge in [0.1, 0.15) is 0 Å². The van der Waals surface area contributed by atoms with Crippen molar-refractivity contribution in [2.24, 2.45) is 0 Å². The minimum absolute atomic E-state index is 0.402. The zero-order chi connectivity index (χ0) is 22.8. The van der Waals surface area contributed by atoms with Crippen molar-refractivity contribution in [1.82, 2.24) is 24.8 Å². The van der Waals surface area contributed by atoms with Gasteiger partial charge in [0.15, 0.2) is 0 Å². The first-order chi connectivity index (χ1) is 16.1. The van der Waals surface area contributed by atoms with Gasteiger partial charge in [-0.25, -0.2) is 15.0 Å². The Hall–Kier alpha value is -3.51. The minimum Gasteiger partial charge on any atom is -0.326 e. The number of aryl methyl sites for hydroxylation is 3. The predicted molar refractivity (Wildman–Crippen MR) is 134 cm³/mol. The second-order valence-electron chi connectivity index (χ2n) is 8.96. The fourth-order valence-electron chi connectivity index (χ4n) is 4.63. The molecule has 4 aromatic rings. The van der Waals surface area contributed by atoms with Crippen LogP contribution in [0, 0.1) is 20.8 Å². The first kappa shape index (κ1) is 21.3. The van der Waals surface area contributed by atoms with Gasteiger partial charge in [-0.05, 0) is 76.0 Å². The molecule has 168 valence electrons. The molecule has 33 heavy (non-hydrogen) atoms. The number of rotatable bonds is 5. The highest BCUT2D eigenvalue weighted by atomic mass is 15.1. The summed E-state index contributed by atoms with van der Waals surface area (Å²) in [5, 5.41) is 6.86. The monoisotopic (exact) mass is 438 g/mol. The second-order valence-corrected chi connectivity index (χ2v) is 8.96. The van der Waals surface area contributed by atoms with Gasteiger partial charge < -0.3 is 15.2 Å². The topological polar surface area (TPSA) is 67.7 Å². The second kappa shape index (κ2) is 9.16.